The Kier molecular flexibility index (Phi) is 6.27. The lowest BCUT2D eigenvalue weighted by Crippen LogP contribution is -2.30. The van der Waals surface area contributed by atoms with Crippen LogP contribution in [0.25, 0.3) is 0 Å². The minimum absolute atomic E-state index is 0.230. The Morgan fingerprint density at radius 1 is 1.11 bits per heavy atom. The molecule has 1 fully saturated rings. The van der Waals surface area contributed by atoms with Crippen LogP contribution in [-0.2, 0) is 0 Å². The van der Waals surface area contributed by atoms with E-state index < -0.39 is 0 Å². The van der Waals surface area contributed by atoms with Crippen molar-refractivity contribution in [1.82, 2.24) is 9.97 Å². The fraction of sp³-hybridized carbons (Fsp3) is 0.476. The van der Waals surface area contributed by atoms with Crippen LogP contribution in [0.3, 0.4) is 0 Å². The van der Waals surface area contributed by atoms with Gasteiger partial charge in [0, 0.05) is 37.6 Å². The van der Waals surface area contributed by atoms with Crippen molar-refractivity contribution >= 4 is 23.1 Å². The zero-order valence-corrected chi connectivity index (χ0v) is 16.5. The maximum absolute atomic E-state index is 12.5. The lowest BCUT2D eigenvalue weighted by Gasteiger charge is -2.27. The summed E-state index contributed by atoms with van der Waals surface area (Å²) >= 11 is 0. The third-order valence-corrected chi connectivity index (χ3v) is 5.14. The monoisotopic (exact) mass is 367 g/mol. The lowest BCUT2D eigenvalue weighted by atomic mass is 10.1. The molecule has 144 valence electrons. The molecule has 1 saturated heterocycles. The number of aryl methyl sites for hydroxylation is 1. The van der Waals surface area contributed by atoms with Crippen molar-refractivity contribution in [3.05, 3.63) is 41.9 Å². The van der Waals surface area contributed by atoms with Crippen LogP contribution in [0.15, 0.2) is 30.6 Å². The van der Waals surface area contributed by atoms with Crippen LogP contribution in [0.2, 0.25) is 0 Å². The Morgan fingerprint density at radius 2 is 1.85 bits per heavy atom. The molecule has 1 aliphatic heterocycles. The summed E-state index contributed by atoms with van der Waals surface area (Å²) in [4.78, 5) is 25.8. The highest BCUT2D eigenvalue weighted by molar-refractivity contribution is 6.03. The molecule has 1 amide bonds. The first-order valence-corrected chi connectivity index (χ1v) is 9.86. The smallest absolute Gasteiger partial charge is 0.275 e. The van der Waals surface area contributed by atoms with Gasteiger partial charge >= 0.3 is 0 Å². The summed E-state index contributed by atoms with van der Waals surface area (Å²) in [5.74, 6) is 0.623. The normalized spacial score (nSPS) is 14.1. The molecule has 2 aromatic rings. The number of nitrogens with one attached hydrogen (secondary N) is 1. The molecule has 0 bridgehead atoms. The molecule has 2 heterocycles. The topological polar surface area (TPSA) is 61.4 Å². The van der Waals surface area contributed by atoms with Gasteiger partial charge in [0.15, 0.2) is 0 Å². The number of benzene rings is 1. The quantitative estimate of drug-likeness (QED) is 0.840. The average molecular weight is 367 g/mol. The van der Waals surface area contributed by atoms with Gasteiger partial charge in [-0.1, -0.05) is 0 Å². The molecule has 6 heteroatoms. The first-order valence-electron chi connectivity index (χ1n) is 9.86. The molecule has 1 aromatic carbocycles. The molecule has 6 nitrogen and oxygen atoms in total. The standard InChI is InChI=1S/C21H29N5O/c1-4-25(5-2)17-9-10-18(16(3)13-17)24-21(27)19-14-23-20(15-22-19)26-11-7-6-8-12-26/h9-10,13-15H,4-8,11-12H2,1-3H3,(H,24,27). The van der Waals surface area contributed by atoms with E-state index in [4.69, 9.17) is 0 Å². The molecule has 0 unspecified atom stereocenters. The van der Waals surface area contributed by atoms with Crippen LogP contribution < -0.4 is 15.1 Å². The highest BCUT2D eigenvalue weighted by Gasteiger charge is 2.15. The summed E-state index contributed by atoms with van der Waals surface area (Å²) in [7, 11) is 0. The van der Waals surface area contributed by atoms with Crippen LogP contribution in [0, 0.1) is 6.92 Å². The molecule has 0 spiro atoms. The highest BCUT2D eigenvalue weighted by atomic mass is 16.1. The van der Waals surface area contributed by atoms with Crippen molar-refractivity contribution < 1.29 is 4.79 Å². The Balaban J connectivity index is 1.68. The number of carbonyl (C=O) groups excluding carboxylic acids is 1. The highest BCUT2D eigenvalue weighted by Crippen LogP contribution is 2.23. The van der Waals surface area contributed by atoms with E-state index in [1.165, 1.54) is 24.9 Å². The van der Waals surface area contributed by atoms with Gasteiger partial charge in [-0.3, -0.25) is 4.79 Å². The first kappa shape index (κ1) is 19.1. The summed E-state index contributed by atoms with van der Waals surface area (Å²) in [6.07, 6.45) is 6.92. The molecule has 0 saturated carbocycles. The Morgan fingerprint density at radius 3 is 2.44 bits per heavy atom. The molecule has 1 aromatic heterocycles. The van der Waals surface area contributed by atoms with Crippen LogP contribution in [0.4, 0.5) is 17.2 Å². The summed E-state index contributed by atoms with van der Waals surface area (Å²) in [6.45, 7) is 10.2. The number of piperidine rings is 1. The maximum Gasteiger partial charge on any atom is 0.275 e. The van der Waals surface area contributed by atoms with E-state index in [0.717, 1.165) is 43.2 Å². The molecule has 0 aliphatic carbocycles. The summed E-state index contributed by atoms with van der Waals surface area (Å²) in [5.41, 5.74) is 3.34. The Labute approximate surface area is 161 Å². The Bertz CT molecular complexity index is 765. The number of anilines is 3. The maximum atomic E-state index is 12.5. The summed E-state index contributed by atoms with van der Waals surface area (Å²) in [5, 5.41) is 2.95. The first-order chi connectivity index (χ1) is 13.1. The zero-order valence-electron chi connectivity index (χ0n) is 16.5. The SMILES string of the molecule is CCN(CC)c1ccc(NC(=O)c2cnc(N3CCCCC3)cn2)c(C)c1. The van der Waals surface area contributed by atoms with Gasteiger partial charge in [-0.05, 0) is 63.8 Å². The molecule has 0 atom stereocenters. The molecule has 27 heavy (non-hydrogen) atoms. The summed E-state index contributed by atoms with van der Waals surface area (Å²) < 4.78 is 0. The Hall–Kier alpha value is -2.63. The van der Waals surface area contributed by atoms with E-state index in [2.05, 4.69) is 45.0 Å². The number of hydrogen-bond acceptors (Lipinski definition) is 5. The van der Waals surface area contributed by atoms with Crippen molar-refractivity contribution in [2.45, 2.75) is 40.0 Å². The predicted molar refractivity (Wildman–Crippen MR) is 111 cm³/mol. The molecular formula is C21H29N5O. The van der Waals surface area contributed by atoms with Gasteiger partial charge in [-0.2, -0.15) is 0 Å². The second kappa shape index (κ2) is 8.84. The van der Waals surface area contributed by atoms with E-state index in [1.807, 2.05) is 19.1 Å². The number of hydrogen-bond donors (Lipinski definition) is 1. The van der Waals surface area contributed by atoms with Crippen molar-refractivity contribution in [2.75, 3.05) is 41.3 Å². The second-order valence-electron chi connectivity index (χ2n) is 6.93. The zero-order chi connectivity index (χ0) is 19.2. The van der Waals surface area contributed by atoms with Gasteiger partial charge in [-0.25, -0.2) is 9.97 Å². The third kappa shape index (κ3) is 4.56. The molecule has 3 rings (SSSR count). The van der Waals surface area contributed by atoms with Gasteiger partial charge in [-0.15, -0.1) is 0 Å². The number of amides is 1. The molecular weight excluding hydrogens is 338 g/mol. The van der Waals surface area contributed by atoms with E-state index in [9.17, 15) is 4.79 Å². The fourth-order valence-electron chi connectivity index (χ4n) is 3.48. The van der Waals surface area contributed by atoms with Gasteiger partial charge in [0.2, 0.25) is 0 Å². The van der Waals surface area contributed by atoms with Crippen molar-refractivity contribution in [3.63, 3.8) is 0 Å². The van der Waals surface area contributed by atoms with Crippen LogP contribution in [0.1, 0.15) is 49.2 Å². The number of carbonyl (C=O) groups is 1. The predicted octanol–water partition coefficient (Wildman–Crippen LogP) is 3.87. The minimum Gasteiger partial charge on any atom is -0.372 e. The number of rotatable bonds is 6. The average Bonchev–Trinajstić information content (AvgIpc) is 2.71. The molecule has 0 radical (unpaired) electrons. The third-order valence-electron chi connectivity index (χ3n) is 5.14. The van der Waals surface area contributed by atoms with Gasteiger partial charge < -0.3 is 15.1 Å². The van der Waals surface area contributed by atoms with E-state index in [0.29, 0.717) is 5.69 Å². The van der Waals surface area contributed by atoms with Crippen LogP contribution in [-0.4, -0.2) is 42.1 Å². The fourth-order valence-corrected chi connectivity index (χ4v) is 3.48. The minimum atomic E-state index is -0.230. The van der Waals surface area contributed by atoms with Crippen molar-refractivity contribution in [2.24, 2.45) is 0 Å². The van der Waals surface area contributed by atoms with Crippen molar-refractivity contribution in [3.8, 4) is 0 Å². The van der Waals surface area contributed by atoms with Crippen molar-refractivity contribution in [1.29, 1.82) is 0 Å². The second-order valence-corrected chi connectivity index (χ2v) is 6.93. The lowest BCUT2D eigenvalue weighted by molar-refractivity contribution is 0.102. The number of nitrogens with zero attached hydrogens (tertiary/aromatic N) is 4. The van der Waals surface area contributed by atoms with Crippen LogP contribution in [0.5, 0.6) is 0 Å². The van der Waals surface area contributed by atoms with Gasteiger partial charge in [0.05, 0.1) is 12.4 Å². The van der Waals surface area contributed by atoms with Gasteiger partial charge in [0.25, 0.3) is 5.91 Å². The largest absolute Gasteiger partial charge is 0.372 e. The number of aromatic nitrogens is 2. The van der Waals surface area contributed by atoms with Crippen LogP contribution >= 0.6 is 0 Å². The molecule has 1 aliphatic rings. The van der Waals surface area contributed by atoms with E-state index >= 15 is 0 Å². The van der Waals surface area contributed by atoms with Gasteiger partial charge in [0.1, 0.15) is 11.5 Å². The summed E-state index contributed by atoms with van der Waals surface area (Å²) in [6, 6.07) is 6.10. The van der Waals surface area contributed by atoms with E-state index in [-0.39, 0.29) is 5.91 Å². The van der Waals surface area contributed by atoms with E-state index in [1.54, 1.807) is 12.4 Å². The molecule has 1 N–H and O–H groups in total.